The molecule has 0 spiro atoms. The van der Waals surface area contributed by atoms with Crippen LogP contribution in [0.5, 0.6) is 0 Å². The topological polar surface area (TPSA) is 54.6 Å². The molecule has 0 fully saturated rings. The molecule has 0 atom stereocenters. The fourth-order valence-electron chi connectivity index (χ4n) is 2.23. The normalized spacial score (nSPS) is 14.3. The molecular formula is C15H16N2O2S. The molecule has 5 heteroatoms. The Labute approximate surface area is 121 Å². The molecule has 0 amide bonds. The van der Waals surface area contributed by atoms with Crippen molar-refractivity contribution in [3.63, 3.8) is 0 Å². The smallest absolute Gasteiger partial charge is 0.336 e. The molecule has 0 unspecified atom stereocenters. The van der Waals surface area contributed by atoms with Crippen molar-refractivity contribution in [1.82, 2.24) is 5.32 Å². The summed E-state index contributed by atoms with van der Waals surface area (Å²) in [6.45, 7) is 3.82. The average Bonchev–Trinajstić information content (AvgIpc) is 2.97. The third-order valence-corrected chi connectivity index (χ3v) is 4.31. The fourth-order valence-corrected chi connectivity index (χ4v) is 3.15. The Morgan fingerprint density at radius 2 is 2.30 bits per heavy atom. The van der Waals surface area contributed by atoms with E-state index >= 15 is 0 Å². The van der Waals surface area contributed by atoms with E-state index in [1.807, 2.05) is 12.1 Å². The number of thioether (sulfide) groups is 1. The number of amidine groups is 1. The Hall–Kier alpha value is -1.75. The number of nitrogens with zero attached hydrogens (tertiary/aromatic N) is 1. The molecule has 1 N–H and O–H groups in total. The number of aryl methyl sites for hydroxylation is 1. The third kappa shape index (κ3) is 2.72. The van der Waals surface area contributed by atoms with Crippen LogP contribution < -0.4 is 10.9 Å². The quantitative estimate of drug-likeness (QED) is 0.882. The molecule has 20 heavy (non-hydrogen) atoms. The first-order valence-electron chi connectivity index (χ1n) is 6.73. The number of benzene rings is 1. The van der Waals surface area contributed by atoms with E-state index in [0.717, 1.165) is 41.4 Å². The molecule has 1 aliphatic heterocycles. The van der Waals surface area contributed by atoms with E-state index in [-0.39, 0.29) is 5.63 Å². The van der Waals surface area contributed by atoms with E-state index < -0.39 is 0 Å². The molecular weight excluding hydrogens is 272 g/mol. The monoisotopic (exact) mass is 288 g/mol. The molecule has 2 aromatic rings. The molecule has 2 heterocycles. The minimum Gasteiger partial charge on any atom is -0.423 e. The minimum absolute atomic E-state index is 0.289. The molecule has 104 valence electrons. The summed E-state index contributed by atoms with van der Waals surface area (Å²) >= 11 is 1.63. The standard InChI is InChI=1S/C15H16N2O2S/c1-2-10-3-4-12-11(8-14(18)19-13(12)7-10)9-20-15-16-5-6-17-15/h3-4,7-8H,2,5-6,9H2,1H3,(H,16,17). The van der Waals surface area contributed by atoms with E-state index in [4.69, 9.17) is 4.42 Å². The van der Waals surface area contributed by atoms with E-state index in [9.17, 15) is 4.79 Å². The van der Waals surface area contributed by atoms with Crippen molar-refractivity contribution in [1.29, 1.82) is 0 Å². The van der Waals surface area contributed by atoms with Crippen LogP contribution >= 0.6 is 11.8 Å². The average molecular weight is 288 g/mol. The fraction of sp³-hybridized carbons (Fsp3) is 0.333. The van der Waals surface area contributed by atoms with Gasteiger partial charge >= 0.3 is 5.63 Å². The molecule has 1 aromatic carbocycles. The lowest BCUT2D eigenvalue weighted by Crippen LogP contribution is -2.15. The van der Waals surface area contributed by atoms with Gasteiger partial charge in [0, 0.05) is 23.8 Å². The van der Waals surface area contributed by atoms with Gasteiger partial charge in [0.2, 0.25) is 0 Å². The maximum Gasteiger partial charge on any atom is 0.336 e. The predicted octanol–water partition coefficient (Wildman–Crippen LogP) is 2.55. The van der Waals surface area contributed by atoms with E-state index in [1.165, 1.54) is 5.56 Å². The van der Waals surface area contributed by atoms with Crippen molar-refractivity contribution >= 4 is 27.9 Å². The zero-order chi connectivity index (χ0) is 13.9. The van der Waals surface area contributed by atoms with Gasteiger partial charge in [-0.1, -0.05) is 30.8 Å². The van der Waals surface area contributed by atoms with Gasteiger partial charge in [-0.2, -0.15) is 0 Å². The van der Waals surface area contributed by atoms with Crippen molar-refractivity contribution in [2.75, 3.05) is 13.1 Å². The third-order valence-electron chi connectivity index (χ3n) is 3.31. The van der Waals surface area contributed by atoms with Crippen LogP contribution in [0.3, 0.4) is 0 Å². The van der Waals surface area contributed by atoms with Crippen LogP contribution in [0.15, 0.2) is 38.5 Å². The minimum atomic E-state index is -0.289. The molecule has 0 saturated heterocycles. The molecule has 0 bridgehead atoms. The van der Waals surface area contributed by atoms with Gasteiger partial charge in [-0.15, -0.1) is 0 Å². The number of nitrogens with one attached hydrogen (secondary N) is 1. The van der Waals surface area contributed by atoms with Crippen molar-refractivity contribution < 1.29 is 4.42 Å². The van der Waals surface area contributed by atoms with E-state index in [0.29, 0.717) is 5.58 Å². The highest BCUT2D eigenvalue weighted by Crippen LogP contribution is 2.23. The zero-order valence-electron chi connectivity index (χ0n) is 11.3. The van der Waals surface area contributed by atoms with Crippen molar-refractivity contribution in [3.8, 4) is 0 Å². The maximum absolute atomic E-state index is 11.7. The molecule has 1 aliphatic rings. The van der Waals surface area contributed by atoms with Gasteiger partial charge in [-0.3, -0.25) is 4.99 Å². The molecule has 1 aromatic heterocycles. The lowest BCUT2D eigenvalue weighted by Gasteiger charge is -2.06. The highest BCUT2D eigenvalue weighted by atomic mass is 32.2. The lowest BCUT2D eigenvalue weighted by atomic mass is 10.1. The van der Waals surface area contributed by atoms with Crippen LogP contribution in [0.4, 0.5) is 0 Å². The Morgan fingerprint density at radius 1 is 1.40 bits per heavy atom. The molecule has 3 rings (SSSR count). The Morgan fingerprint density at radius 3 is 3.05 bits per heavy atom. The number of fused-ring (bicyclic) bond motifs is 1. The molecule has 4 nitrogen and oxygen atoms in total. The van der Waals surface area contributed by atoms with Crippen molar-refractivity contribution in [2.24, 2.45) is 4.99 Å². The van der Waals surface area contributed by atoms with Gasteiger partial charge < -0.3 is 9.73 Å². The summed E-state index contributed by atoms with van der Waals surface area (Å²) in [5.41, 5.74) is 2.56. The second kappa shape index (κ2) is 5.71. The second-order valence-corrected chi connectivity index (χ2v) is 5.64. The van der Waals surface area contributed by atoms with Crippen LogP contribution in [0, 0.1) is 0 Å². The van der Waals surface area contributed by atoms with Gasteiger partial charge in [0.1, 0.15) is 5.58 Å². The summed E-state index contributed by atoms with van der Waals surface area (Å²) in [5, 5.41) is 5.18. The van der Waals surface area contributed by atoms with Gasteiger partial charge in [0.05, 0.1) is 6.54 Å². The molecule has 0 radical (unpaired) electrons. The SMILES string of the molecule is CCc1ccc2c(CSC3=NCCN3)cc(=O)oc2c1. The highest BCUT2D eigenvalue weighted by Gasteiger charge is 2.10. The Kier molecular flexibility index (Phi) is 3.78. The number of aliphatic imine (C=N–C) groups is 1. The van der Waals surface area contributed by atoms with E-state index in [2.05, 4.69) is 23.3 Å². The van der Waals surface area contributed by atoms with Crippen molar-refractivity contribution in [2.45, 2.75) is 19.1 Å². The first-order chi connectivity index (χ1) is 9.76. The van der Waals surface area contributed by atoms with Gasteiger partial charge in [0.15, 0.2) is 5.17 Å². The largest absolute Gasteiger partial charge is 0.423 e. The van der Waals surface area contributed by atoms with Crippen LogP contribution in [0.25, 0.3) is 11.0 Å². The zero-order valence-corrected chi connectivity index (χ0v) is 12.1. The van der Waals surface area contributed by atoms with Gasteiger partial charge in [-0.05, 0) is 23.6 Å². The van der Waals surface area contributed by atoms with Crippen LogP contribution in [0.1, 0.15) is 18.1 Å². The summed E-state index contributed by atoms with van der Waals surface area (Å²) in [7, 11) is 0. The first kappa shape index (κ1) is 13.2. The first-order valence-corrected chi connectivity index (χ1v) is 7.71. The summed E-state index contributed by atoms with van der Waals surface area (Å²) in [6, 6.07) is 7.66. The summed E-state index contributed by atoms with van der Waals surface area (Å²) < 4.78 is 5.31. The Bertz CT molecular complexity index is 721. The highest BCUT2D eigenvalue weighted by molar-refractivity contribution is 8.13. The summed E-state index contributed by atoms with van der Waals surface area (Å²) in [6.07, 6.45) is 0.930. The second-order valence-electron chi connectivity index (χ2n) is 4.68. The summed E-state index contributed by atoms with van der Waals surface area (Å²) in [5.74, 6) is 0.722. The van der Waals surface area contributed by atoms with Crippen LogP contribution in [0.2, 0.25) is 0 Å². The van der Waals surface area contributed by atoms with E-state index in [1.54, 1.807) is 17.8 Å². The lowest BCUT2D eigenvalue weighted by molar-refractivity contribution is 0.559. The number of hydrogen-bond donors (Lipinski definition) is 1. The van der Waals surface area contributed by atoms with Gasteiger partial charge in [-0.25, -0.2) is 4.79 Å². The number of hydrogen-bond acceptors (Lipinski definition) is 5. The van der Waals surface area contributed by atoms with Crippen LogP contribution in [-0.2, 0) is 12.2 Å². The molecule has 0 saturated carbocycles. The van der Waals surface area contributed by atoms with Crippen LogP contribution in [-0.4, -0.2) is 18.3 Å². The van der Waals surface area contributed by atoms with Crippen molar-refractivity contribution in [3.05, 3.63) is 45.8 Å². The number of rotatable bonds is 3. The predicted molar refractivity (Wildman–Crippen MR) is 83.5 cm³/mol. The molecule has 0 aliphatic carbocycles. The maximum atomic E-state index is 11.7. The Balaban J connectivity index is 1.94. The van der Waals surface area contributed by atoms with Gasteiger partial charge in [0.25, 0.3) is 0 Å². The summed E-state index contributed by atoms with van der Waals surface area (Å²) in [4.78, 5) is 16.0.